The topological polar surface area (TPSA) is 46.2 Å². The molecular formula is C14H23NO. The van der Waals surface area contributed by atoms with Crippen LogP contribution in [0.15, 0.2) is 18.2 Å². The molecule has 1 aromatic carbocycles. The molecule has 0 heterocycles. The van der Waals surface area contributed by atoms with Crippen LogP contribution in [0.25, 0.3) is 0 Å². The monoisotopic (exact) mass is 221 g/mol. The lowest BCUT2D eigenvalue weighted by atomic mass is 9.79. The summed E-state index contributed by atoms with van der Waals surface area (Å²) < 4.78 is 0. The second-order valence-electron chi connectivity index (χ2n) is 5.21. The molecule has 0 aromatic heterocycles. The van der Waals surface area contributed by atoms with E-state index in [1.165, 1.54) is 16.7 Å². The Kier molecular flexibility index (Phi) is 4.11. The molecule has 0 saturated heterocycles. The summed E-state index contributed by atoms with van der Waals surface area (Å²) in [6.45, 7) is 8.54. The zero-order chi connectivity index (χ0) is 12.3. The van der Waals surface area contributed by atoms with Crippen molar-refractivity contribution < 1.29 is 5.11 Å². The number of hydrogen-bond donors (Lipinski definition) is 2. The van der Waals surface area contributed by atoms with Crippen LogP contribution in [-0.2, 0) is 6.42 Å². The van der Waals surface area contributed by atoms with Crippen LogP contribution in [0.2, 0.25) is 0 Å². The first-order valence-corrected chi connectivity index (χ1v) is 5.83. The third kappa shape index (κ3) is 3.06. The third-order valence-corrected chi connectivity index (χ3v) is 3.36. The van der Waals surface area contributed by atoms with Gasteiger partial charge in [0.2, 0.25) is 0 Å². The van der Waals surface area contributed by atoms with E-state index in [1.54, 1.807) is 0 Å². The van der Waals surface area contributed by atoms with Crippen LogP contribution in [0.5, 0.6) is 0 Å². The number of nitrogens with two attached hydrogens (primary N) is 1. The summed E-state index contributed by atoms with van der Waals surface area (Å²) in [5.41, 5.74) is 9.32. The van der Waals surface area contributed by atoms with Gasteiger partial charge in [0.05, 0.1) is 6.10 Å². The van der Waals surface area contributed by atoms with Gasteiger partial charge in [-0.1, -0.05) is 36.2 Å². The van der Waals surface area contributed by atoms with E-state index in [0.29, 0.717) is 6.54 Å². The highest BCUT2D eigenvalue weighted by atomic mass is 16.3. The molecule has 16 heavy (non-hydrogen) atoms. The number of aliphatic hydroxyl groups excluding tert-OH is 1. The Labute approximate surface area is 98.5 Å². The molecule has 3 N–H and O–H groups in total. The van der Waals surface area contributed by atoms with Crippen molar-refractivity contribution in [1.29, 1.82) is 0 Å². The molecular weight excluding hydrogens is 198 g/mol. The Morgan fingerprint density at radius 3 is 2.12 bits per heavy atom. The minimum atomic E-state index is -0.390. The van der Waals surface area contributed by atoms with Gasteiger partial charge >= 0.3 is 0 Å². The average Bonchev–Trinajstić information content (AvgIpc) is 2.15. The van der Waals surface area contributed by atoms with E-state index in [9.17, 15) is 5.11 Å². The van der Waals surface area contributed by atoms with Crippen molar-refractivity contribution in [1.82, 2.24) is 0 Å². The fourth-order valence-corrected chi connectivity index (χ4v) is 2.03. The van der Waals surface area contributed by atoms with Gasteiger partial charge in [0.15, 0.2) is 0 Å². The molecule has 0 aliphatic rings. The van der Waals surface area contributed by atoms with E-state index in [4.69, 9.17) is 5.73 Å². The van der Waals surface area contributed by atoms with Gasteiger partial charge in [-0.25, -0.2) is 0 Å². The van der Waals surface area contributed by atoms with E-state index in [-0.39, 0.29) is 5.41 Å². The molecule has 0 radical (unpaired) electrons. The predicted molar refractivity (Wildman–Crippen MR) is 68.5 cm³/mol. The second-order valence-corrected chi connectivity index (χ2v) is 5.21. The molecule has 2 nitrogen and oxygen atoms in total. The van der Waals surface area contributed by atoms with Crippen molar-refractivity contribution in [2.45, 2.75) is 40.2 Å². The highest BCUT2D eigenvalue weighted by molar-refractivity contribution is 5.29. The molecule has 90 valence electrons. The maximum atomic E-state index is 9.79. The van der Waals surface area contributed by atoms with E-state index in [0.717, 1.165) is 6.42 Å². The fraction of sp³-hybridized carbons (Fsp3) is 0.571. The Bertz CT molecular complexity index is 340. The van der Waals surface area contributed by atoms with E-state index >= 15 is 0 Å². The van der Waals surface area contributed by atoms with Crippen LogP contribution >= 0.6 is 0 Å². The van der Waals surface area contributed by atoms with Crippen LogP contribution < -0.4 is 5.73 Å². The van der Waals surface area contributed by atoms with Gasteiger partial charge in [-0.3, -0.25) is 0 Å². The van der Waals surface area contributed by atoms with Gasteiger partial charge in [0.25, 0.3) is 0 Å². The third-order valence-electron chi connectivity index (χ3n) is 3.36. The van der Waals surface area contributed by atoms with Crippen molar-refractivity contribution in [3.8, 4) is 0 Å². The Hall–Kier alpha value is -0.860. The summed E-state index contributed by atoms with van der Waals surface area (Å²) >= 11 is 0. The Morgan fingerprint density at radius 1 is 1.25 bits per heavy atom. The lowest BCUT2D eigenvalue weighted by molar-refractivity contribution is 0.0589. The molecule has 1 aromatic rings. The fourth-order valence-electron chi connectivity index (χ4n) is 2.03. The summed E-state index contributed by atoms with van der Waals surface area (Å²) in [5, 5.41) is 9.79. The first-order chi connectivity index (χ1) is 7.37. The summed E-state index contributed by atoms with van der Waals surface area (Å²) in [6.07, 6.45) is 0.433. The number of hydrogen-bond acceptors (Lipinski definition) is 2. The van der Waals surface area contributed by atoms with Gasteiger partial charge in [-0.2, -0.15) is 0 Å². The Balaban J connectivity index is 2.94. The van der Waals surface area contributed by atoms with Crippen LogP contribution in [0.4, 0.5) is 0 Å². The molecule has 0 spiro atoms. The van der Waals surface area contributed by atoms with E-state index < -0.39 is 6.10 Å². The van der Waals surface area contributed by atoms with Crippen LogP contribution in [0.3, 0.4) is 0 Å². The molecule has 2 atom stereocenters. The normalized spacial score (nSPS) is 16.9. The summed E-state index contributed by atoms with van der Waals surface area (Å²) in [6, 6.07) is 6.50. The van der Waals surface area contributed by atoms with Gasteiger partial charge in [-0.05, 0) is 32.8 Å². The first kappa shape index (κ1) is 13.2. The minimum Gasteiger partial charge on any atom is -0.393 e. The second kappa shape index (κ2) is 4.98. The van der Waals surface area contributed by atoms with Gasteiger partial charge in [-0.15, -0.1) is 0 Å². The largest absolute Gasteiger partial charge is 0.393 e. The van der Waals surface area contributed by atoms with Crippen molar-refractivity contribution in [2.24, 2.45) is 11.1 Å². The summed E-state index contributed by atoms with van der Waals surface area (Å²) in [4.78, 5) is 0. The number of benzene rings is 1. The molecule has 0 aliphatic heterocycles. The number of rotatable bonds is 4. The van der Waals surface area contributed by atoms with E-state index in [2.05, 4.69) is 32.0 Å². The van der Waals surface area contributed by atoms with Crippen LogP contribution in [0, 0.1) is 19.3 Å². The summed E-state index contributed by atoms with van der Waals surface area (Å²) in [7, 11) is 0. The zero-order valence-electron chi connectivity index (χ0n) is 10.7. The molecule has 0 saturated carbocycles. The van der Waals surface area contributed by atoms with Crippen molar-refractivity contribution >= 4 is 0 Å². The molecule has 1 rings (SSSR count). The molecule has 0 bridgehead atoms. The zero-order valence-corrected chi connectivity index (χ0v) is 10.7. The Morgan fingerprint density at radius 2 is 1.75 bits per heavy atom. The SMILES string of the molecule is Cc1cc(C)cc(CC(C)(CN)C(C)O)c1. The highest BCUT2D eigenvalue weighted by Crippen LogP contribution is 2.26. The van der Waals surface area contributed by atoms with Crippen molar-refractivity contribution in [2.75, 3.05) is 6.54 Å². The maximum absolute atomic E-state index is 9.79. The van der Waals surface area contributed by atoms with Crippen molar-refractivity contribution in [3.63, 3.8) is 0 Å². The standard InChI is InChI=1S/C14H23NO/c1-10-5-11(2)7-13(6-10)8-14(4,9-15)12(3)16/h5-7,12,16H,8-9,15H2,1-4H3. The molecule has 0 fully saturated rings. The molecule has 2 heteroatoms. The number of aliphatic hydroxyl groups is 1. The van der Waals surface area contributed by atoms with Crippen LogP contribution in [-0.4, -0.2) is 17.8 Å². The minimum absolute atomic E-state index is 0.236. The van der Waals surface area contributed by atoms with Gasteiger partial charge < -0.3 is 10.8 Å². The predicted octanol–water partition coefficient (Wildman–Crippen LogP) is 2.19. The lowest BCUT2D eigenvalue weighted by Gasteiger charge is -2.31. The van der Waals surface area contributed by atoms with Gasteiger partial charge in [0, 0.05) is 12.0 Å². The average molecular weight is 221 g/mol. The molecule has 0 amide bonds. The van der Waals surface area contributed by atoms with Gasteiger partial charge in [0.1, 0.15) is 0 Å². The quantitative estimate of drug-likeness (QED) is 0.818. The summed E-state index contributed by atoms with van der Waals surface area (Å²) in [5.74, 6) is 0. The van der Waals surface area contributed by atoms with Crippen molar-refractivity contribution in [3.05, 3.63) is 34.9 Å². The maximum Gasteiger partial charge on any atom is 0.0580 e. The highest BCUT2D eigenvalue weighted by Gasteiger charge is 2.28. The smallest absolute Gasteiger partial charge is 0.0580 e. The van der Waals surface area contributed by atoms with E-state index in [1.807, 2.05) is 13.8 Å². The molecule has 0 aliphatic carbocycles. The molecule has 2 unspecified atom stereocenters. The first-order valence-electron chi connectivity index (χ1n) is 5.83. The lowest BCUT2D eigenvalue weighted by Crippen LogP contribution is -2.39. The number of aryl methyl sites for hydroxylation is 2. The van der Waals surface area contributed by atoms with Crippen LogP contribution in [0.1, 0.15) is 30.5 Å².